The average Bonchev–Trinajstić information content (AvgIpc) is 1.67. The molecular weight excluding hydrogens is 191 g/mol. The van der Waals surface area contributed by atoms with Gasteiger partial charge in [0.05, 0.1) is 12.4 Å². The maximum Gasteiger partial charge on any atom is 0.397 e. The van der Waals surface area contributed by atoms with Crippen molar-refractivity contribution < 1.29 is 17.2 Å². The lowest BCUT2D eigenvalue weighted by molar-refractivity contribution is 0.324. The lowest BCUT2D eigenvalue weighted by atomic mass is 11.8. The standard InChI is InChI=1S/CH2Cl2.CH4O4S/c2-1-3;1-5-6(2,3)4/h1H2;1H3,(H,2,3,4). The van der Waals surface area contributed by atoms with Gasteiger partial charge in [0, 0.05) is 0 Å². The second-order valence-corrected chi connectivity index (χ2v) is 2.69. The third-order valence-electron chi connectivity index (χ3n) is 0.211. The molecule has 0 aromatic heterocycles. The van der Waals surface area contributed by atoms with E-state index in [0.29, 0.717) is 0 Å². The van der Waals surface area contributed by atoms with Gasteiger partial charge in [-0.3, -0.25) is 8.74 Å². The van der Waals surface area contributed by atoms with Gasteiger partial charge in [0.2, 0.25) is 0 Å². The molecule has 0 aromatic carbocycles. The number of rotatable bonds is 1. The van der Waals surface area contributed by atoms with Crippen LogP contribution in [0, 0.1) is 0 Å². The molecule has 0 aliphatic carbocycles. The first kappa shape index (κ1) is 12.2. The van der Waals surface area contributed by atoms with E-state index in [2.05, 4.69) is 4.18 Å². The van der Waals surface area contributed by atoms with E-state index >= 15 is 0 Å². The van der Waals surface area contributed by atoms with Crippen molar-refractivity contribution >= 4 is 33.6 Å². The normalized spacial score (nSPS) is 9.78. The molecule has 9 heavy (non-hydrogen) atoms. The smallest absolute Gasteiger partial charge is 0.264 e. The van der Waals surface area contributed by atoms with E-state index in [4.69, 9.17) is 27.8 Å². The van der Waals surface area contributed by atoms with E-state index in [9.17, 15) is 8.42 Å². The Kier molecular flexibility index (Phi) is 8.87. The van der Waals surface area contributed by atoms with Crippen molar-refractivity contribution in [3.8, 4) is 0 Å². The Hall–Kier alpha value is 0.450. The fourth-order valence-electron chi connectivity index (χ4n) is 0. The van der Waals surface area contributed by atoms with Gasteiger partial charge in [0.25, 0.3) is 0 Å². The summed E-state index contributed by atoms with van der Waals surface area (Å²) in [5, 5.41) is 0.194. The molecule has 0 amide bonds. The van der Waals surface area contributed by atoms with Crippen molar-refractivity contribution in [3.05, 3.63) is 0 Å². The Morgan fingerprint density at radius 1 is 1.56 bits per heavy atom. The van der Waals surface area contributed by atoms with Gasteiger partial charge < -0.3 is 0 Å². The Balaban J connectivity index is 0. The fourth-order valence-corrected chi connectivity index (χ4v) is 0. The molecule has 0 atom stereocenters. The van der Waals surface area contributed by atoms with Crippen LogP contribution in [-0.4, -0.2) is 25.4 Å². The minimum absolute atomic E-state index is 0.194. The molecule has 7 heteroatoms. The molecule has 0 heterocycles. The molecule has 0 fully saturated rings. The highest BCUT2D eigenvalue weighted by molar-refractivity contribution is 7.80. The Labute approximate surface area is 63.7 Å². The van der Waals surface area contributed by atoms with Crippen molar-refractivity contribution in [1.29, 1.82) is 0 Å². The second-order valence-electron chi connectivity index (χ2n) is 0.695. The quantitative estimate of drug-likeness (QED) is 0.500. The highest BCUT2D eigenvalue weighted by Gasteiger charge is 1.93. The third-order valence-corrected chi connectivity index (χ3v) is 0.632. The first-order chi connectivity index (χ1) is 3.97. The highest BCUT2D eigenvalue weighted by atomic mass is 35.5. The first-order valence-corrected chi connectivity index (χ1v) is 4.06. The van der Waals surface area contributed by atoms with Crippen molar-refractivity contribution in [3.63, 3.8) is 0 Å². The molecule has 0 bridgehead atoms. The van der Waals surface area contributed by atoms with Crippen LogP contribution in [0.1, 0.15) is 0 Å². The summed E-state index contributed by atoms with van der Waals surface area (Å²) in [5.74, 6) is 0. The van der Waals surface area contributed by atoms with Gasteiger partial charge in [0.15, 0.2) is 0 Å². The molecule has 0 aromatic rings. The average molecular weight is 197 g/mol. The fraction of sp³-hybridized carbons (Fsp3) is 1.00. The lowest BCUT2D eigenvalue weighted by Gasteiger charge is -1.82. The van der Waals surface area contributed by atoms with Crippen molar-refractivity contribution in [2.75, 3.05) is 12.4 Å². The second kappa shape index (κ2) is 6.57. The van der Waals surface area contributed by atoms with Crippen LogP contribution in [0.4, 0.5) is 0 Å². The van der Waals surface area contributed by atoms with Gasteiger partial charge in [-0.25, -0.2) is 0 Å². The Morgan fingerprint density at radius 2 is 1.67 bits per heavy atom. The lowest BCUT2D eigenvalue weighted by Crippen LogP contribution is -1.96. The van der Waals surface area contributed by atoms with Crippen LogP contribution in [0.25, 0.3) is 0 Å². The number of halogens is 2. The molecule has 0 radical (unpaired) electrons. The molecule has 0 saturated heterocycles. The van der Waals surface area contributed by atoms with E-state index in [1.807, 2.05) is 0 Å². The summed E-state index contributed by atoms with van der Waals surface area (Å²) in [4.78, 5) is 0. The molecule has 0 rings (SSSR count). The van der Waals surface area contributed by atoms with Gasteiger partial charge >= 0.3 is 10.4 Å². The van der Waals surface area contributed by atoms with E-state index < -0.39 is 10.4 Å². The van der Waals surface area contributed by atoms with Gasteiger partial charge in [0.1, 0.15) is 0 Å². The van der Waals surface area contributed by atoms with E-state index in [-0.39, 0.29) is 5.34 Å². The predicted octanol–water partition coefficient (Wildman–Crippen LogP) is 0.857. The zero-order valence-electron chi connectivity index (χ0n) is 4.54. The first-order valence-electron chi connectivity index (χ1n) is 1.63. The summed E-state index contributed by atoms with van der Waals surface area (Å²) in [6.45, 7) is 0. The van der Waals surface area contributed by atoms with Crippen LogP contribution < -0.4 is 0 Å². The molecule has 0 aliphatic rings. The van der Waals surface area contributed by atoms with E-state index in [1.165, 1.54) is 0 Å². The number of hydrogen-bond donors (Lipinski definition) is 1. The number of alkyl halides is 2. The van der Waals surface area contributed by atoms with Crippen LogP contribution in [0.2, 0.25) is 0 Å². The van der Waals surface area contributed by atoms with E-state index in [0.717, 1.165) is 7.11 Å². The maximum atomic E-state index is 9.33. The zero-order chi connectivity index (χ0) is 7.91. The van der Waals surface area contributed by atoms with Crippen LogP contribution in [0.5, 0.6) is 0 Å². The molecule has 0 unspecified atom stereocenters. The number of hydrogen-bond acceptors (Lipinski definition) is 3. The minimum Gasteiger partial charge on any atom is -0.264 e. The molecule has 0 spiro atoms. The zero-order valence-corrected chi connectivity index (χ0v) is 6.87. The highest BCUT2D eigenvalue weighted by Crippen LogP contribution is 1.75. The van der Waals surface area contributed by atoms with Crippen LogP contribution in [-0.2, 0) is 14.6 Å². The molecule has 0 aliphatic heterocycles. The molecule has 58 valence electrons. The molecule has 0 saturated carbocycles. The molecule has 4 nitrogen and oxygen atoms in total. The van der Waals surface area contributed by atoms with Crippen molar-refractivity contribution in [1.82, 2.24) is 0 Å². The summed E-state index contributed by atoms with van der Waals surface area (Å²) >= 11 is 9.53. The van der Waals surface area contributed by atoms with Crippen LogP contribution in [0.15, 0.2) is 0 Å². The maximum absolute atomic E-state index is 9.33. The third kappa shape index (κ3) is 29.5. The summed E-state index contributed by atoms with van der Waals surface area (Å²) in [6, 6.07) is 0. The van der Waals surface area contributed by atoms with Gasteiger partial charge in [-0.05, 0) is 0 Å². The SMILES string of the molecule is COS(=O)(=O)O.ClCCl. The van der Waals surface area contributed by atoms with Gasteiger partial charge in [-0.1, -0.05) is 0 Å². The minimum atomic E-state index is -4.16. The largest absolute Gasteiger partial charge is 0.397 e. The van der Waals surface area contributed by atoms with Gasteiger partial charge in [-0.15, -0.1) is 23.2 Å². The van der Waals surface area contributed by atoms with Crippen LogP contribution in [0.3, 0.4) is 0 Å². The van der Waals surface area contributed by atoms with Gasteiger partial charge in [-0.2, -0.15) is 8.42 Å². The summed E-state index contributed by atoms with van der Waals surface area (Å²) < 4.78 is 29.7. The van der Waals surface area contributed by atoms with Crippen molar-refractivity contribution in [2.45, 2.75) is 0 Å². The molecule has 1 N–H and O–H groups in total. The van der Waals surface area contributed by atoms with E-state index in [1.54, 1.807) is 0 Å². The monoisotopic (exact) mass is 196 g/mol. The summed E-state index contributed by atoms with van der Waals surface area (Å²) in [7, 11) is -3.29. The Bertz CT molecular complexity index is 130. The topological polar surface area (TPSA) is 63.6 Å². The predicted molar refractivity (Wildman–Crippen MR) is 35.1 cm³/mol. The summed E-state index contributed by atoms with van der Waals surface area (Å²) in [5.41, 5.74) is 0. The van der Waals surface area contributed by atoms with Crippen LogP contribution >= 0.6 is 23.2 Å². The molecular formula is C2H6Cl2O4S. The Morgan fingerprint density at radius 3 is 1.67 bits per heavy atom. The van der Waals surface area contributed by atoms with Crippen molar-refractivity contribution in [2.24, 2.45) is 0 Å². The summed E-state index contributed by atoms with van der Waals surface area (Å²) in [6.07, 6.45) is 0.